The molecule has 17 heavy (non-hydrogen) atoms. The quantitative estimate of drug-likeness (QED) is 0.351. The molecule has 1 amide bonds. The zero-order chi connectivity index (χ0) is 13.0. The summed E-state index contributed by atoms with van der Waals surface area (Å²) >= 11 is 5.81. The average Bonchev–Trinajstić information content (AvgIpc) is 2.23. The van der Waals surface area contributed by atoms with Gasteiger partial charge in [-0.25, -0.2) is 0 Å². The lowest BCUT2D eigenvalue weighted by atomic mass is 10.1. The maximum Gasteiger partial charge on any atom is 0.260 e. The van der Waals surface area contributed by atoms with Crippen LogP contribution in [0.15, 0.2) is 17.1 Å². The molecule has 1 aromatic rings. The molecule has 0 saturated heterocycles. The molecule has 7 heteroatoms. The van der Waals surface area contributed by atoms with Gasteiger partial charge in [-0.05, 0) is 19.1 Å². The number of nitrogens with zero attached hydrogens (tertiary/aromatic N) is 1. The summed E-state index contributed by atoms with van der Waals surface area (Å²) in [6.45, 7) is 2.28. The lowest BCUT2D eigenvalue weighted by Crippen LogP contribution is -2.37. The Bertz CT molecular complexity index is 472. The van der Waals surface area contributed by atoms with Crippen molar-refractivity contribution in [3.8, 4) is 0 Å². The summed E-state index contributed by atoms with van der Waals surface area (Å²) in [6, 6.07) is 2.81. The van der Waals surface area contributed by atoms with Crippen molar-refractivity contribution in [1.82, 2.24) is 5.32 Å². The van der Waals surface area contributed by atoms with E-state index in [4.69, 9.17) is 28.8 Å². The van der Waals surface area contributed by atoms with Gasteiger partial charge in [-0.3, -0.25) is 15.1 Å². The van der Waals surface area contributed by atoms with E-state index in [-0.39, 0.29) is 22.2 Å². The van der Waals surface area contributed by atoms with Crippen LogP contribution in [-0.4, -0.2) is 18.4 Å². The fourth-order valence-electron chi connectivity index (χ4n) is 1.20. The number of amides is 1. The first-order valence-electron chi connectivity index (χ1n) is 4.91. The van der Waals surface area contributed by atoms with E-state index < -0.39 is 5.91 Å². The summed E-state index contributed by atoms with van der Waals surface area (Å²) in [5.41, 5.74) is 17.4. The van der Waals surface area contributed by atoms with E-state index in [1.165, 1.54) is 12.1 Å². The van der Waals surface area contributed by atoms with Gasteiger partial charge >= 0.3 is 0 Å². The van der Waals surface area contributed by atoms with Crippen LogP contribution in [0, 0.1) is 0 Å². The molecule has 0 atom stereocenters. The van der Waals surface area contributed by atoms with E-state index in [1.54, 1.807) is 6.92 Å². The third-order valence-corrected chi connectivity index (χ3v) is 2.31. The minimum atomic E-state index is -0.473. The normalized spacial score (nSPS) is 11.3. The summed E-state index contributed by atoms with van der Waals surface area (Å²) in [5, 5.41) is 2.65. The van der Waals surface area contributed by atoms with Crippen molar-refractivity contribution < 1.29 is 4.79 Å². The van der Waals surface area contributed by atoms with Crippen LogP contribution in [0.2, 0.25) is 5.02 Å². The molecular formula is C10H14ClN5O. The first-order valence-corrected chi connectivity index (χ1v) is 5.29. The van der Waals surface area contributed by atoms with Crippen LogP contribution in [0.4, 0.5) is 11.4 Å². The number of hydrogen-bond acceptors (Lipinski definition) is 4. The fourth-order valence-corrected chi connectivity index (χ4v) is 1.36. The molecule has 0 fully saturated rings. The van der Waals surface area contributed by atoms with Crippen molar-refractivity contribution in [1.29, 1.82) is 0 Å². The maximum absolute atomic E-state index is 11.8. The molecule has 7 N–H and O–H groups in total. The number of aliphatic imine (C=N–C) groups is 1. The first kappa shape index (κ1) is 13.1. The number of hydrogen-bond donors (Lipinski definition) is 4. The lowest BCUT2D eigenvalue weighted by molar-refractivity contribution is 0.0977. The standard InChI is InChI=1S/C10H14ClN5O/c1-2-15-10(14)16-9(17)5-3-6(11)8(13)4-7(5)12/h3-4H,2,12-13H2,1H3,(H3,14,15,16,17). The minimum absolute atomic E-state index is 0.0323. The van der Waals surface area contributed by atoms with Crippen molar-refractivity contribution in [2.24, 2.45) is 10.7 Å². The highest BCUT2D eigenvalue weighted by molar-refractivity contribution is 6.33. The SMILES string of the molecule is CCN=C(N)NC(=O)c1cc(Cl)c(N)cc1N. The van der Waals surface area contributed by atoms with Crippen molar-refractivity contribution in [2.45, 2.75) is 6.92 Å². The summed E-state index contributed by atoms with van der Waals surface area (Å²) in [6.07, 6.45) is 0. The number of benzene rings is 1. The monoisotopic (exact) mass is 255 g/mol. The summed E-state index contributed by atoms with van der Waals surface area (Å²) in [4.78, 5) is 15.6. The van der Waals surface area contributed by atoms with Crippen molar-refractivity contribution in [3.05, 3.63) is 22.7 Å². The van der Waals surface area contributed by atoms with Gasteiger partial charge in [0, 0.05) is 12.2 Å². The molecule has 0 aromatic heterocycles. The van der Waals surface area contributed by atoms with Crippen molar-refractivity contribution in [2.75, 3.05) is 18.0 Å². The van der Waals surface area contributed by atoms with Crippen LogP contribution < -0.4 is 22.5 Å². The van der Waals surface area contributed by atoms with Crippen LogP contribution in [0.1, 0.15) is 17.3 Å². The number of guanidine groups is 1. The highest BCUT2D eigenvalue weighted by Gasteiger charge is 2.13. The largest absolute Gasteiger partial charge is 0.398 e. The van der Waals surface area contributed by atoms with E-state index in [0.29, 0.717) is 12.2 Å². The van der Waals surface area contributed by atoms with E-state index >= 15 is 0 Å². The fraction of sp³-hybridized carbons (Fsp3) is 0.200. The number of carbonyl (C=O) groups excluding carboxylic acids is 1. The summed E-state index contributed by atoms with van der Waals surface area (Å²) in [5.74, 6) is -0.441. The predicted octanol–water partition coefficient (Wildman–Crippen LogP) is 0.569. The molecule has 0 heterocycles. The molecule has 0 aliphatic carbocycles. The lowest BCUT2D eigenvalue weighted by Gasteiger charge is -2.08. The maximum atomic E-state index is 11.8. The van der Waals surface area contributed by atoms with E-state index in [0.717, 1.165) is 0 Å². The van der Waals surface area contributed by atoms with Gasteiger partial charge in [-0.1, -0.05) is 11.6 Å². The molecular weight excluding hydrogens is 242 g/mol. The zero-order valence-corrected chi connectivity index (χ0v) is 10.1. The van der Waals surface area contributed by atoms with Crippen molar-refractivity contribution >= 4 is 34.8 Å². The van der Waals surface area contributed by atoms with Gasteiger partial charge in [-0.2, -0.15) is 0 Å². The highest BCUT2D eigenvalue weighted by Crippen LogP contribution is 2.25. The van der Waals surface area contributed by atoms with Crippen LogP contribution in [0.25, 0.3) is 0 Å². The Hall–Kier alpha value is -1.95. The molecule has 1 aromatic carbocycles. The Morgan fingerprint density at radius 2 is 2.06 bits per heavy atom. The van der Waals surface area contributed by atoms with Gasteiger partial charge in [0.2, 0.25) is 0 Å². The second-order valence-corrected chi connectivity index (χ2v) is 3.68. The van der Waals surface area contributed by atoms with Crippen LogP contribution in [0.3, 0.4) is 0 Å². The van der Waals surface area contributed by atoms with E-state index in [1.807, 2.05) is 0 Å². The number of rotatable bonds is 2. The second-order valence-electron chi connectivity index (χ2n) is 3.27. The number of nitrogen functional groups attached to an aromatic ring is 2. The predicted molar refractivity (Wildman–Crippen MR) is 69.9 cm³/mol. The smallest absolute Gasteiger partial charge is 0.260 e. The third kappa shape index (κ3) is 3.25. The summed E-state index contributed by atoms with van der Waals surface area (Å²) in [7, 11) is 0. The molecule has 0 spiro atoms. The molecule has 0 aliphatic rings. The summed E-state index contributed by atoms with van der Waals surface area (Å²) < 4.78 is 0. The number of nitrogens with two attached hydrogens (primary N) is 3. The Morgan fingerprint density at radius 3 is 2.65 bits per heavy atom. The molecule has 92 valence electrons. The molecule has 0 aliphatic heterocycles. The zero-order valence-electron chi connectivity index (χ0n) is 9.33. The Morgan fingerprint density at radius 1 is 1.41 bits per heavy atom. The van der Waals surface area contributed by atoms with E-state index in [9.17, 15) is 4.79 Å². The van der Waals surface area contributed by atoms with Gasteiger partial charge in [-0.15, -0.1) is 0 Å². The number of anilines is 2. The third-order valence-electron chi connectivity index (χ3n) is 1.98. The number of halogens is 1. The molecule has 0 radical (unpaired) electrons. The number of carbonyl (C=O) groups is 1. The van der Waals surface area contributed by atoms with Crippen molar-refractivity contribution in [3.63, 3.8) is 0 Å². The van der Waals surface area contributed by atoms with Gasteiger partial charge < -0.3 is 17.2 Å². The Labute approximate surface area is 104 Å². The molecule has 0 unspecified atom stereocenters. The molecule has 0 bridgehead atoms. The van der Waals surface area contributed by atoms with Crippen LogP contribution in [0.5, 0.6) is 0 Å². The molecule has 6 nitrogen and oxygen atoms in total. The number of nitrogens with one attached hydrogen (secondary N) is 1. The van der Waals surface area contributed by atoms with Gasteiger partial charge in [0.15, 0.2) is 5.96 Å². The highest BCUT2D eigenvalue weighted by atomic mass is 35.5. The second kappa shape index (κ2) is 5.40. The van der Waals surface area contributed by atoms with Gasteiger partial charge in [0.1, 0.15) is 0 Å². The topological polar surface area (TPSA) is 120 Å². The van der Waals surface area contributed by atoms with E-state index in [2.05, 4.69) is 10.3 Å². The Kier molecular flexibility index (Phi) is 4.17. The first-order chi connectivity index (χ1) is 7.95. The minimum Gasteiger partial charge on any atom is -0.398 e. The van der Waals surface area contributed by atoms with Crippen LogP contribution >= 0.6 is 11.6 Å². The van der Waals surface area contributed by atoms with Gasteiger partial charge in [0.25, 0.3) is 5.91 Å². The molecule has 0 saturated carbocycles. The molecule has 1 rings (SSSR count). The van der Waals surface area contributed by atoms with Gasteiger partial charge in [0.05, 0.1) is 16.3 Å². The Balaban J connectivity index is 2.97. The average molecular weight is 256 g/mol. The van der Waals surface area contributed by atoms with Crippen LogP contribution in [-0.2, 0) is 0 Å².